The Labute approximate surface area is 128 Å². The van der Waals surface area contributed by atoms with Gasteiger partial charge >= 0.3 is 12.1 Å². The minimum absolute atomic E-state index is 0.0342. The molecule has 1 aliphatic rings. The number of rotatable bonds is 2. The summed E-state index contributed by atoms with van der Waals surface area (Å²) in [7, 11) is 0. The third-order valence-electron chi connectivity index (χ3n) is 3.56. The number of amides is 3. The van der Waals surface area contributed by atoms with Gasteiger partial charge in [-0.3, -0.25) is 0 Å². The molecular formula is C15H29N3O3. The van der Waals surface area contributed by atoms with Gasteiger partial charge in [0.15, 0.2) is 0 Å². The molecule has 6 heteroatoms. The predicted octanol–water partition coefficient (Wildman–Crippen LogP) is 2.39. The highest BCUT2D eigenvalue weighted by Gasteiger charge is 2.33. The van der Waals surface area contributed by atoms with Crippen LogP contribution in [0.4, 0.5) is 9.59 Å². The maximum Gasteiger partial charge on any atom is 0.410 e. The summed E-state index contributed by atoms with van der Waals surface area (Å²) in [4.78, 5) is 29.8. The highest BCUT2D eigenvalue weighted by molar-refractivity contribution is 5.75. The summed E-state index contributed by atoms with van der Waals surface area (Å²) in [6, 6.07) is 0.0174. The van der Waals surface area contributed by atoms with Gasteiger partial charge < -0.3 is 19.4 Å². The number of piperazine rings is 1. The molecule has 0 aromatic heterocycles. The molecule has 0 aromatic carbocycles. The predicted molar refractivity (Wildman–Crippen MR) is 82.3 cm³/mol. The fraction of sp³-hybridized carbons (Fsp3) is 0.867. The summed E-state index contributed by atoms with van der Waals surface area (Å²) in [6.45, 7) is 14.5. The van der Waals surface area contributed by atoms with Crippen LogP contribution < -0.4 is 0 Å². The van der Waals surface area contributed by atoms with Crippen molar-refractivity contribution in [3.05, 3.63) is 0 Å². The fourth-order valence-electron chi connectivity index (χ4n) is 2.42. The maximum absolute atomic E-state index is 12.3. The molecule has 1 unspecified atom stereocenters. The van der Waals surface area contributed by atoms with Gasteiger partial charge in [0.1, 0.15) is 5.60 Å². The third-order valence-corrected chi connectivity index (χ3v) is 3.56. The Balaban J connectivity index is 2.62. The van der Waals surface area contributed by atoms with Gasteiger partial charge in [-0.2, -0.15) is 0 Å². The van der Waals surface area contributed by atoms with Gasteiger partial charge in [0.25, 0.3) is 0 Å². The molecule has 0 spiro atoms. The zero-order chi connectivity index (χ0) is 16.2. The van der Waals surface area contributed by atoms with E-state index in [0.29, 0.717) is 32.7 Å². The van der Waals surface area contributed by atoms with Crippen LogP contribution in [-0.4, -0.2) is 71.2 Å². The molecule has 1 aliphatic heterocycles. The fourth-order valence-corrected chi connectivity index (χ4v) is 2.42. The van der Waals surface area contributed by atoms with E-state index in [1.165, 1.54) is 0 Å². The van der Waals surface area contributed by atoms with E-state index in [2.05, 4.69) is 0 Å². The molecule has 0 aromatic rings. The van der Waals surface area contributed by atoms with Gasteiger partial charge in [-0.25, -0.2) is 9.59 Å². The van der Waals surface area contributed by atoms with E-state index in [0.717, 1.165) is 0 Å². The minimum Gasteiger partial charge on any atom is -0.444 e. The van der Waals surface area contributed by atoms with Crippen molar-refractivity contribution in [2.24, 2.45) is 0 Å². The summed E-state index contributed by atoms with van der Waals surface area (Å²) in [5, 5.41) is 0. The van der Waals surface area contributed by atoms with Gasteiger partial charge in [0.2, 0.25) is 0 Å². The SMILES string of the molecule is CCN(CC)C(=O)N1CCN(C(=O)OC(C)(C)C)C(C)C1. The second kappa shape index (κ2) is 7.00. The Kier molecular flexibility index (Phi) is 5.87. The average molecular weight is 299 g/mol. The van der Waals surface area contributed by atoms with E-state index in [-0.39, 0.29) is 18.2 Å². The summed E-state index contributed by atoms with van der Waals surface area (Å²) in [5.74, 6) is 0. The molecule has 3 amide bonds. The zero-order valence-electron chi connectivity index (χ0n) is 14.2. The van der Waals surface area contributed by atoms with E-state index in [1.54, 1.807) is 9.80 Å². The molecule has 122 valence electrons. The lowest BCUT2D eigenvalue weighted by Crippen LogP contribution is -2.58. The second-order valence-corrected chi connectivity index (χ2v) is 6.42. The first-order valence-corrected chi connectivity index (χ1v) is 7.73. The van der Waals surface area contributed by atoms with Gasteiger partial charge in [0, 0.05) is 38.8 Å². The monoisotopic (exact) mass is 299 g/mol. The Bertz CT molecular complexity index is 375. The van der Waals surface area contributed by atoms with Crippen molar-refractivity contribution in [3.63, 3.8) is 0 Å². The average Bonchev–Trinajstić information content (AvgIpc) is 2.37. The summed E-state index contributed by atoms with van der Waals surface area (Å²) < 4.78 is 5.41. The molecule has 0 radical (unpaired) electrons. The van der Waals surface area contributed by atoms with Crippen molar-refractivity contribution in [1.29, 1.82) is 0 Å². The number of ether oxygens (including phenoxy) is 1. The maximum atomic E-state index is 12.3. The van der Waals surface area contributed by atoms with Crippen molar-refractivity contribution in [2.75, 3.05) is 32.7 Å². The van der Waals surface area contributed by atoms with Crippen LogP contribution in [0.25, 0.3) is 0 Å². The third kappa shape index (κ3) is 4.79. The van der Waals surface area contributed by atoms with Crippen LogP contribution in [0.5, 0.6) is 0 Å². The number of hydrogen-bond acceptors (Lipinski definition) is 3. The molecule has 1 heterocycles. The van der Waals surface area contributed by atoms with Crippen molar-refractivity contribution < 1.29 is 14.3 Å². The molecular weight excluding hydrogens is 270 g/mol. The molecule has 0 bridgehead atoms. The Morgan fingerprint density at radius 1 is 1.19 bits per heavy atom. The van der Waals surface area contributed by atoms with Crippen molar-refractivity contribution >= 4 is 12.1 Å². The number of nitrogens with zero attached hydrogens (tertiary/aromatic N) is 3. The molecule has 6 nitrogen and oxygen atoms in total. The van der Waals surface area contributed by atoms with Gasteiger partial charge in [0.05, 0.1) is 0 Å². The first-order chi connectivity index (χ1) is 9.69. The van der Waals surface area contributed by atoms with Crippen LogP contribution in [0.3, 0.4) is 0 Å². The summed E-state index contributed by atoms with van der Waals surface area (Å²) in [6.07, 6.45) is -0.301. The van der Waals surface area contributed by atoms with E-state index in [1.807, 2.05) is 46.4 Å². The number of carbonyl (C=O) groups excluding carboxylic acids is 2. The van der Waals surface area contributed by atoms with Crippen LogP contribution in [0, 0.1) is 0 Å². The van der Waals surface area contributed by atoms with E-state index in [4.69, 9.17) is 4.74 Å². The second-order valence-electron chi connectivity index (χ2n) is 6.42. The van der Waals surface area contributed by atoms with Crippen LogP contribution >= 0.6 is 0 Å². The Morgan fingerprint density at radius 3 is 2.19 bits per heavy atom. The standard InChI is InChI=1S/C15H29N3O3/c1-7-16(8-2)13(19)17-9-10-18(12(3)11-17)14(20)21-15(4,5)6/h12H,7-11H2,1-6H3. The first-order valence-electron chi connectivity index (χ1n) is 7.73. The Hall–Kier alpha value is -1.46. The minimum atomic E-state index is -0.495. The van der Waals surface area contributed by atoms with Crippen molar-refractivity contribution in [3.8, 4) is 0 Å². The summed E-state index contributed by atoms with van der Waals surface area (Å²) >= 11 is 0. The van der Waals surface area contributed by atoms with E-state index < -0.39 is 5.60 Å². The van der Waals surface area contributed by atoms with Crippen LogP contribution in [0.1, 0.15) is 41.5 Å². The molecule has 1 fully saturated rings. The summed E-state index contributed by atoms with van der Waals surface area (Å²) in [5.41, 5.74) is -0.495. The number of urea groups is 1. The Morgan fingerprint density at radius 2 is 1.76 bits per heavy atom. The van der Waals surface area contributed by atoms with Crippen LogP contribution in [0.15, 0.2) is 0 Å². The van der Waals surface area contributed by atoms with Crippen molar-refractivity contribution in [1.82, 2.24) is 14.7 Å². The molecule has 0 aliphatic carbocycles. The molecule has 21 heavy (non-hydrogen) atoms. The highest BCUT2D eigenvalue weighted by Crippen LogP contribution is 2.16. The van der Waals surface area contributed by atoms with Gasteiger partial charge in [-0.1, -0.05) is 0 Å². The molecule has 1 saturated heterocycles. The van der Waals surface area contributed by atoms with Crippen LogP contribution in [-0.2, 0) is 4.74 Å². The van der Waals surface area contributed by atoms with E-state index >= 15 is 0 Å². The number of hydrogen-bond donors (Lipinski definition) is 0. The first kappa shape index (κ1) is 17.6. The normalized spacial score (nSPS) is 19.4. The zero-order valence-corrected chi connectivity index (χ0v) is 14.2. The molecule has 1 rings (SSSR count). The molecule has 0 N–H and O–H groups in total. The van der Waals surface area contributed by atoms with Gasteiger partial charge in [-0.15, -0.1) is 0 Å². The molecule has 1 atom stereocenters. The van der Waals surface area contributed by atoms with E-state index in [9.17, 15) is 9.59 Å². The quantitative estimate of drug-likeness (QED) is 0.786. The van der Waals surface area contributed by atoms with Crippen LogP contribution in [0.2, 0.25) is 0 Å². The highest BCUT2D eigenvalue weighted by atomic mass is 16.6. The lowest BCUT2D eigenvalue weighted by molar-refractivity contribution is 0.00376. The number of carbonyl (C=O) groups is 2. The largest absolute Gasteiger partial charge is 0.444 e. The topological polar surface area (TPSA) is 53.1 Å². The smallest absolute Gasteiger partial charge is 0.410 e. The van der Waals surface area contributed by atoms with Crippen molar-refractivity contribution in [2.45, 2.75) is 53.2 Å². The lowest BCUT2D eigenvalue weighted by atomic mass is 10.2. The molecule has 0 saturated carbocycles. The van der Waals surface area contributed by atoms with Gasteiger partial charge in [-0.05, 0) is 41.5 Å². The lowest BCUT2D eigenvalue weighted by Gasteiger charge is -2.41.